The summed E-state index contributed by atoms with van der Waals surface area (Å²) in [6.07, 6.45) is 1.79. The fourth-order valence-electron chi connectivity index (χ4n) is 2.06. The molecule has 1 aliphatic rings. The second kappa shape index (κ2) is 4.93. The quantitative estimate of drug-likeness (QED) is 0.854. The molecule has 3 nitrogen and oxygen atoms in total. The number of carbonyl (C=O) groups is 1. The third-order valence-electron chi connectivity index (χ3n) is 3.19. The molecule has 0 saturated heterocycles. The lowest BCUT2D eigenvalue weighted by molar-refractivity contribution is 0.0613. The van der Waals surface area contributed by atoms with E-state index in [1.165, 1.54) is 12.1 Å². The Kier molecular flexibility index (Phi) is 3.64. The molecule has 1 aromatic carbocycles. The minimum atomic E-state index is -0.899. The predicted octanol–water partition coefficient (Wildman–Crippen LogP) is 3.49. The summed E-state index contributed by atoms with van der Waals surface area (Å²) >= 11 is 3.10. The molecule has 19 heavy (non-hydrogen) atoms. The van der Waals surface area contributed by atoms with E-state index in [9.17, 15) is 14.4 Å². The highest BCUT2D eigenvalue weighted by molar-refractivity contribution is 9.10. The summed E-state index contributed by atoms with van der Waals surface area (Å²) < 4.78 is 13.7. The molecule has 0 N–H and O–H groups in total. The van der Waals surface area contributed by atoms with Gasteiger partial charge in [0.1, 0.15) is 11.4 Å². The van der Waals surface area contributed by atoms with E-state index in [4.69, 9.17) is 0 Å². The molecule has 1 aliphatic carbocycles. The Labute approximate surface area is 120 Å². The molecular weight excluding hydrogens is 311 g/mol. The van der Waals surface area contributed by atoms with Gasteiger partial charge in [-0.25, -0.2) is 4.39 Å². The number of nitrogens with zero attached hydrogens (tertiary/aromatic N) is 2. The third-order valence-corrected chi connectivity index (χ3v) is 3.99. The first kappa shape index (κ1) is 14.0. The summed E-state index contributed by atoms with van der Waals surface area (Å²) in [6, 6.07) is 6.58. The van der Waals surface area contributed by atoms with Crippen LogP contribution in [0.15, 0.2) is 22.7 Å². The van der Waals surface area contributed by atoms with Crippen molar-refractivity contribution in [3.63, 3.8) is 0 Å². The summed E-state index contributed by atoms with van der Waals surface area (Å²) in [5.74, 6) is -0.781. The van der Waals surface area contributed by atoms with E-state index < -0.39 is 11.4 Å². The van der Waals surface area contributed by atoms with E-state index in [2.05, 4.69) is 22.0 Å². The van der Waals surface area contributed by atoms with Gasteiger partial charge in [-0.05, 0) is 54.8 Å². The maximum atomic E-state index is 13.5. The lowest BCUT2D eigenvalue weighted by Crippen LogP contribution is -2.48. The monoisotopic (exact) mass is 324 g/mol. The summed E-state index contributed by atoms with van der Waals surface area (Å²) in [6.45, 7) is 3.41. The number of amides is 1. The molecular formula is C14H14BrFN2O. The van der Waals surface area contributed by atoms with Crippen LogP contribution in [0, 0.1) is 17.1 Å². The number of nitriles is 1. The van der Waals surface area contributed by atoms with Gasteiger partial charge in [0.2, 0.25) is 0 Å². The summed E-state index contributed by atoms with van der Waals surface area (Å²) in [5, 5.41) is 9.23. The van der Waals surface area contributed by atoms with E-state index >= 15 is 0 Å². The van der Waals surface area contributed by atoms with Gasteiger partial charge in [-0.15, -0.1) is 0 Å². The largest absolute Gasteiger partial charge is 0.317 e. The highest BCUT2D eigenvalue weighted by atomic mass is 79.9. The zero-order chi connectivity index (χ0) is 14.2. The Morgan fingerprint density at radius 1 is 1.53 bits per heavy atom. The molecule has 1 amide bonds. The first-order valence-electron chi connectivity index (χ1n) is 6.07. The van der Waals surface area contributed by atoms with Gasteiger partial charge in [0, 0.05) is 6.04 Å². The van der Waals surface area contributed by atoms with E-state index in [1.807, 2.05) is 0 Å². The molecule has 100 valence electrons. The second-order valence-corrected chi connectivity index (χ2v) is 5.97. The van der Waals surface area contributed by atoms with Gasteiger partial charge in [0.05, 0.1) is 16.1 Å². The second-order valence-electron chi connectivity index (χ2n) is 5.18. The lowest BCUT2D eigenvalue weighted by atomic mass is 10.0. The number of hydrogen-bond donors (Lipinski definition) is 0. The highest BCUT2D eigenvalue weighted by Gasteiger charge is 2.42. The molecule has 0 unspecified atom stereocenters. The summed E-state index contributed by atoms with van der Waals surface area (Å²) in [7, 11) is 0. The Hall–Kier alpha value is -1.41. The molecule has 0 atom stereocenters. The van der Waals surface area contributed by atoms with Crippen LogP contribution in [0.2, 0.25) is 0 Å². The lowest BCUT2D eigenvalue weighted by Gasteiger charge is -2.33. The molecule has 2 rings (SSSR count). The van der Waals surface area contributed by atoms with Crippen LogP contribution in [0.1, 0.15) is 37.0 Å². The summed E-state index contributed by atoms with van der Waals surface area (Å²) in [5.41, 5.74) is -0.639. The van der Waals surface area contributed by atoms with E-state index in [-0.39, 0.29) is 22.0 Å². The van der Waals surface area contributed by atoms with Crippen molar-refractivity contribution in [2.24, 2.45) is 0 Å². The van der Waals surface area contributed by atoms with Crippen molar-refractivity contribution in [3.8, 4) is 6.07 Å². The molecule has 0 aromatic heterocycles. The van der Waals surface area contributed by atoms with Gasteiger partial charge in [-0.2, -0.15) is 5.26 Å². The smallest absolute Gasteiger partial charge is 0.256 e. The van der Waals surface area contributed by atoms with Gasteiger partial charge in [-0.1, -0.05) is 6.07 Å². The van der Waals surface area contributed by atoms with Crippen LogP contribution in [0.5, 0.6) is 0 Å². The van der Waals surface area contributed by atoms with Crippen molar-refractivity contribution in [2.75, 3.05) is 0 Å². The average molecular weight is 325 g/mol. The van der Waals surface area contributed by atoms with E-state index in [1.54, 1.807) is 24.8 Å². The van der Waals surface area contributed by atoms with Crippen molar-refractivity contribution in [1.82, 2.24) is 4.90 Å². The number of carbonyl (C=O) groups excluding carboxylic acids is 1. The first-order valence-corrected chi connectivity index (χ1v) is 6.86. The van der Waals surface area contributed by atoms with Crippen LogP contribution in [0.25, 0.3) is 0 Å². The minimum Gasteiger partial charge on any atom is -0.317 e. The minimum absolute atomic E-state index is 0.0808. The molecule has 0 spiro atoms. The number of halogens is 2. The van der Waals surface area contributed by atoms with Crippen LogP contribution in [-0.4, -0.2) is 22.4 Å². The third kappa shape index (κ3) is 2.64. The number of benzene rings is 1. The van der Waals surface area contributed by atoms with Gasteiger partial charge >= 0.3 is 0 Å². The van der Waals surface area contributed by atoms with Crippen LogP contribution < -0.4 is 0 Å². The SMILES string of the molecule is CC(C)(C#N)N(C(=O)c1cccc(F)c1Br)C1CC1. The van der Waals surface area contributed by atoms with E-state index in [0.717, 1.165) is 12.8 Å². The molecule has 5 heteroatoms. The number of rotatable bonds is 3. The standard InChI is InChI=1S/C14H14BrFN2O/c1-14(2,8-17)18(9-6-7-9)13(19)10-4-3-5-11(16)12(10)15/h3-5,9H,6-7H2,1-2H3. The molecule has 1 fully saturated rings. The fraction of sp³-hybridized carbons (Fsp3) is 0.429. The Balaban J connectivity index is 2.41. The molecule has 0 bridgehead atoms. The molecule has 1 aromatic rings. The average Bonchev–Trinajstić information content (AvgIpc) is 3.17. The Morgan fingerprint density at radius 3 is 2.68 bits per heavy atom. The van der Waals surface area contributed by atoms with Gasteiger partial charge < -0.3 is 4.90 Å². The van der Waals surface area contributed by atoms with Crippen molar-refractivity contribution in [1.29, 1.82) is 5.26 Å². The normalized spacial score (nSPS) is 14.9. The summed E-state index contributed by atoms with van der Waals surface area (Å²) in [4.78, 5) is 14.1. The van der Waals surface area contributed by atoms with Crippen molar-refractivity contribution in [2.45, 2.75) is 38.3 Å². The molecule has 1 saturated carbocycles. The van der Waals surface area contributed by atoms with Crippen molar-refractivity contribution >= 4 is 21.8 Å². The highest BCUT2D eigenvalue weighted by Crippen LogP contribution is 2.35. The van der Waals surface area contributed by atoms with Gasteiger partial charge in [-0.3, -0.25) is 4.79 Å². The van der Waals surface area contributed by atoms with Gasteiger partial charge in [0.25, 0.3) is 5.91 Å². The zero-order valence-electron chi connectivity index (χ0n) is 10.8. The van der Waals surface area contributed by atoms with Crippen LogP contribution in [0.4, 0.5) is 4.39 Å². The Morgan fingerprint density at radius 2 is 2.16 bits per heavy atom. The van der Waals surface area contributed by atoms with Crippen molar-refractivity contribution in [3.05, 3.63) is 34.1 Å². The number of hydrogen-bond acceptors (Lipinski definition) is 2. The molecule has 0 heterocycles. The molecule has 0 radical (unpaired) electrons. The van der Waals surface area contributed by atoms with E-state index in [0.29, 0.717) is 0 Å². The van der Waals surface area contributed by atoms with Gasteiger partial charge in [0.15, 0.2) is 0 Å². The Bertz CT molecular complexity index is 561. The van der Waals surface area contributed by atoms with Crippen molar-refractivity contribution < 1.29 is 9.18 Å². The predicted molar refractivity (Wildman–Crippen MR) is 73.0 cm³/mol. The first-order chi connectivity index (χ1) is 8.88. The van der Waals surface area contributed by atoms with Crippen LogP contribution in [-0.2, 0) is 0 Å². The topological polar surface area (TPSA) is 44.1 Å². The maximum Gasteiger partial charge on any atom is 0.256 e. The van der Waals surface area contributed by atoms with Crippen LogP contribution >= 0.6 is 15.9 Å². The fourth-order valence-corrected chi connectivity index (χ4v) is 2.50. The maximum absolute atomic E-state index is 13.5. The van der Waals surface area contributed by atoms with Crippen LogP contribution in [0.3, 0.4) is 0 Å². The zero-order valence-corrected chi connectivity index (χ0v) is 12.4. The molecule has 0 aliphatic heterocycles.